The van der Waals surface area contributed by atoms with Crippen LogP contribution in [0.3, 0.4) is 0 Å². The maximum Gasteiger partial charge on any atom is 0.230 e. The number of nitrogens with one attached hydrogen (secondary N) is 3. The minimum absolute atomic E-state index is 0.171. The van der Waals surface area contributed by atoms with Crippen molar-refractivity contribution in [1.29, 1.82) is 0 Å². The van der Waals surface area contributed by atoms with E-state index in [1.807, 2.05) is 69.3 Å². The number of ketones is 3. The Morgan fingerprint density at radius 3 is 2.24 bits per heavy atom. The van der Waals surface area contributed by atoms with Gasteiger partial charge < -0.3 is 15.6 Å². The van der Waals surface area contributed by atoms with Crippen LogP contribution in [0.2, 0.25) is 0 Å². The molecule has 0 unspecified atom stereocenters. The number of H-pyrrole nitrogens is 1. The average Bonchev–Trinajstić information content (AvgIpc) is 3.38. The van der Waals surface area contributed by atoms with E-state index in [9.17, 15) is 24.0 Å². The van der Waals surface area contributed by atoms with E-state index in [1.54, 1.807) is 25.1 Å². The number of carbonyl (C=O) groups excluding carboxylic acids is 5. The summed E-state index contributed by atoms with van der Waals surface area (Å²) in [6, 6.07) is 20.2. The van der Waals surface area contributed by atoms with E-state index in [2.05, 4.69) is 15.6 Å². The Kier molecular flexibility index (Phi) is 9.35. The second-order valence-corrected chi connectivity index (χ2v) is 11.7. The van der Waals surface area contributed by atoms with Crippen LogP contribution in [-0.2, 0) is 25.6 Å². The van der Waals surface area contributed by atoms with Crippen molar-refractivity contribution in [3.8, 4) is 0 Å². The molecule has 0 aliphatic rings. The third-order valence-corrected chi connectivity index (χ3v) is 7.20. The van der Waals surface area contributed by atoms with Gasteiger partial charge in [0.05, 0.1) is 17.5 Å². The highest BCUT2D eigenvalue weighted by Gasteiger charge is 2.31. The monoisotopic (exact) mass is 567 g/mol. The second-order valence-electron chi connectivity index (χ2n) is 11.7. The van der Waals surface area contributed by atoms with Gasteiger partial charge in [0.15, 0.2) is 5.78 Å². The first-order valence-corrected chi connectivity index (χ1v) is 14.2. The summed E-state index contributed by atoms with van der Waals surface area (Å²) in [5.41, 5.74) is 1.42. The zero-order valence-corrected chi connectivity index (χ0v) is 24.5. The number of hydrogen-bond acceptors (Lipinski definition) is 5. The number of amides is 2. The SMILES string of the molecule is C[C@H](NC(=O)[C@H](CC(=O)NC(C)(C)C)CC(=O)C(=O)c1c[nH]c2ccccc12)C(=O)CCc1cccc2ccccc12. The Labute approximate surface area is 245 Å². The number of aromatic nitrogens is 1. The molecular formula is C34H37N3O5. The number of hydrogen-bond donors (Lipinski definition) is 3. The smallest absolute Gasteiger partial charge is 0.230 e. The van der Waals surface area contributed by atoms with E-state index in [1.165, 1.54) is 6.20 Å². The molecule has 0 fully saturated rings. The highest BCUT2D eigenvalue weighted by atomic mass is 16.2. The Bertz CT molecular complexity index is 1640. The summed E-state index contributed by atoms with van der Waals surface area (Å²) in [6.45, 7) is 7.02. The summed E-state index contributed by atoms with van der Waals surface area (Å²) in [6.07, 6.45) is 1.44. The van der Waals surface area contributed by atoms with Gasteiger partial charge in [-0.15, -0.1) is 0 Å². The normalized spacial score (nSPS) is 13.0. The number of aromatic amines is 1. The first-order chi connectivity index (χ1) is 19.9. The lowest BCUT2D eigenvalue weighted by Gasteiger charge is -2.23. The molecule has 0 saturated heterocycles. The first-order valence-electron chi connectivity index (χ1n) is 14.2. The third-order valence-electron chi connectivity index (χ3n) is 7.20. The molecule has 1 aromatic heterocycles. The zero-order chi connectivity index (χ0) is 30.4. The predicted octanol–water partition coefficient (Wildman–Crippen LogP) is 5.09. The van der Waals surface area contributed by atoms with Crippen molar-refractivity contribution in [3.05, 3.63) is 84.1 Å². The van der Waals surface area contributed by atoms with Crippen LogP contribution in [0.4, 0.5) is 0 Å². The van der Waals surface area contributed by atoms with Crippen LogP contribution in [0.1, 0.15) is 62.9 Å². The van der Waals surface area contributed by atoms with Gasteiger partial charge in [0.1, 0.15) is 0 Å². The molecule has 0 radical (unpaired) electrons. The molecule has 2 atom stereocenters. The van der Waals surface area contributed by atoms with E-state index in [4.69, 9.17) is 0 Å². The molecule has 42 heavy (non-hydrogen) atoms. The predicted molar refractivity (Wildman–Crippen MR) is 163 cm³/mol. The van der Waals surface area contributed by atoms with Crippen molar-refractivity contribution >= 4 is 50.8 Å². The molecule has 0 bridgehead atoms. The highest BCUT2D eigenvalue weighted by molar-refractivity contribution is 6.46. The van der Waals surface area contributed by atoms with Gasteiger partial charge >= 0.3 is 0 Å². The summed E-state index contributed by atoms with van der Waals surface area (Å²) in [4.78, 5) is 68.3. The van der Waals surface area contributed by atoms with Crippen LogP contribution in [0, 0.1) is 5.92 Å². The largest absolute Gasteiger partial charge is 0.360 e. The van der Waals surface area contributed by atoms with Gasteiger partial charge in [-0.3, -0.25) is 24.0 Å². The van der Waals surface area contributed by atoms with Crippen LogP contribution in [0.25, 0.3) is 21.7 Å². The molecule has 218 valence electrons. The molecule has 4 rings (SSSR count). The van der Waals surface area contributed by atoms with Crippen LogP contribution < -0.4 is 10.6 Å². The quantitative estimate of drug-likeness (QED) is 0.162. The molecular weight excluding hydrogens is 530 g/mol. The average molecular weight is 568 g/mol. The minimum atomic E-state index is -1.12. The summed E-state index contributed by atoms with van der Waals surface area (Å²) < 4.78 is 0. The van der Waals surface area contributed by atoms with E-state index in [-0.39, 0.29) is 24.2 Å². The maximum absolute atomic E-state index is 13.4. The number of Topliss-reactive ketones (excluding diaryl/α,β-unsaturated/α-hetero) is 3. The van der Waals surface area contributed by atoms with Crippen LogP contribution >= 0.6 is 0 Å². The van der Waals surface area contributed by atoms with Crippen LogP contribution in [0.5, 0.6) is 0 Å². The molecule has 4 aromatic rings. The highest BCUT2D eigenvalue weighted by Crippen LogP contribution is 2.22. The number of fused-ring (bicyclic) bond motifs is 2. The summed E-state index contributed by atoms with van der Waals surface area (Å²) in [5.74, 6) is -3.85. The number of aryl methyl sites for hydroxylation is 1. The molecule has 0 aliphatic carbocycles. The van der Waals surface area contributed by atoms with Crippen molar-refractivity contribution in [2.45, 2.75) is 65.0 Å². The van der Waals surface area contributed by atoms with E-state index in [0.717, 1.165) is 16.3 Å². The second kappa shape index (κ2) is 12.9. The van der Waals surface area contributed by atoms with Crippen molar-refractivity contribution in [2.75, 3.05) is 0 Å². The van der Waals surface area contributed by atoms with Crippen LogP contribution in [0.15, 0.2) is 72.9 Å². The topological polar surface area (TPSA) is 125 Å². The van der Waals surface area contributed by atoms with Crippen molar-refractivity contribution < 1.29 is 24.0 Å². The number of rotatable bonds is 12. The fourth-order valence-electron chi connectivity index (χ4n) is 5.07. The van der Waals surface area contributed by atoms with E-state index < -0.39 is 47.3 Å². The van der Waals surface area contributed by atoms with Gasteiger partial charge in [0, 0.05) is 41.9 Å². The van der Waals surface area contributed by atoms with Gasteiger partial charge in [0.25, 0.3) is 0 Å². The fraction of sp³-hybridized carbons (Fsp3) is 0.324. The number of carbonyl (C=O) groups is 5. The Balaban J connectivity index is 1.44. The summed E-state index contributed by atoms with van der Waals surface area (Å²) >= 11 is 0. The van der Waals surface area contributed by atoms with Gasteiger partial charge in [-0.25, -0.2) is 0 Å². The molecule has 8 nitrogen and oxygen atoms in total. The zero-order valence-electron chi connectivity index (χ0n) is 24.5. The Morgan fingerprint density at radius 2 is 1.50 bits per heavy atom. The maximum atomic E-state index is 13.4. The Morgan fingerprint density at radius 1 is 0.833 bits per heavy atom. The molecule has 0 saturated carbocycles. The van der Waals surface area contributed by atoms with Crippen LogP contribution in [-0.4, -0.2) is 45.7 Å². The number of para-hydroxylation sites is 1. The van der Waals surface area contributed by atoms with Gasteiger partial charge in [-0.1, -0.05) is 60.7 Å². The lowest BCUT2D eigenvalue weighted by Crippen LogP contribution is -2.46. The van der Waals surface area contributed by atoms with E-state index in [0.29, 0.717) is 17.3 Å². The summed E-state index contributed by atoms with van der Waals surface area (Å²) in [7, 11) is 0. The Hall–Kier alpha value is -4.59. The summed E-state index contributed by atoms with van der Waals surface area (Å²) in [5, 5.41) is 8.26. The molecule has 3 N–H and O–H groups in total. The molecule has 0 aliphatic heterocycles. The molecule has 0 spiro atoms. The fourth-order valence-corrected chi connectivity index (χ4v) is 5.07. The number of benzene rings is 3. The minimum Gasteiger partial charge on any atom is -0.360 e. The molecule has 1 heterocycles. The lowest BCUT2D eigenvalue weighted by atomic mass is 9.92. The first kappa shape index (κ1) is 30.4. The van der Waals surface area contributed by atoms with Gasteiger partial charge in [-0.2, -0.15) is 0 Å². The van der Waals surface area contributed by atoms with E-state index >= 15 is 0 Å². The molecule has 3 aromatic carbocycles. The van der Waals surface area contributed by atoms with Gasteiger partial charge in [-0.05, 0) is 56.5 Å². The lowest BCUT2D eigenvalue weighted by molar-refractivity contribution is -0.134. The van der Waals surface area contributed by atoms with Crippen molar-refractivity contribution in [2.24, 2.45) is 5.92 Å². The van der Waals surface area contributed by atoms with Crippen molar-refractivity contribution in [3.63, 3.8) is 0 Å². The standard InChI is InChI=1S/C34H37N3O5/c1-21(29(38)17-16-23-12-9-11-22-10-5-6-13-25(22)23)36-33(42)24(19-31(40)37-34(2,3)4)18-30(39)32(41)27-20-35-28-15-8-7-14-26(27)28/h5-15,20-21,24,35H,16-19H2,1-4H3,(H,36,42)(H,37,40)/t21-,24-/m0/s1. The molecule has 2 amide bonds. The van der Waals surface area contributed by atoms with Gasteiger partial charge in [0.2, 0.25) is 23.4 Å². The van der Waals surface area contributed by atoms with Crippen molar-refractivity contribution in [1.82, 2.24) is 15.6 Å². The molecule has 8 heteroatoms. The third kappa shape index (κ3) is 7.57.